The minimum absolute atomic E-state index is 0.139. The number of amides is 1. The highest BCUT2D eigenvalue weighted by molar-refractivity contribution is 5.81. The largest absolute Gasteiger partial charge is 0.481 e. The first-order valence-electron chi connectivity index (χ1n) is 5.74. The van der Waals surface area contributed by atoms with Crippen LogP contribution in [-0.2, 0) is 20.8 Å². The van der Waals surface area contributed by atoms with E-state index in [1.54, 1.807) is 24.3 Å². The maximum absolute atomic E-state index is 11.6. The van der Waals surface area contributed by atoms with Crippen molar-refractivity contribution in [1.82, 2.24) is 5.32 Å². The Morgan fingerprint density at radius 2 is 1.74 bits per heavy atom. The summed E-state index contributed by atoms with van der Waals surface area (Å²) in [6.07, 6.45) is -0.374. The number of carbonyl (C=O) groups is 3. The average molecular weight is 265 g/mol. The van der Waals surface area contributed by atoms with E-state index in [2.05, 4.69) is 5.32 Å². The maximum atomic E-state index is 11.6. The molecule has 102 valence electrons. The molecule has 0 heterocycles. The Bertz CT molecular complexity index is 457. The van der Waals surface area contributed by atoms with Gasteiger partial charge in [0.2, 0.25) is 5.91 Å². The lowest BCUT2D eigenvalue weighted by Gasteiger charge is -2.11. The summed E-state index contributed by atoms with van der Waals surface area (Å²) in [5.41, 5.74) is 0.810. The van der Waals surface area contributed by atoms with Crippen LogP contribution in [0.5, 0.6) is 0 Å². The van der Waals surface area contributed by atoms with Crippen molar-refractivity contribution in [3.05, 3.63) is 35.9 Å². The highest BCUT2D eigenvalue weighted by Crippen LogP contribution is 2.03. The third-order valence-electron chi connectivity index (χ3n) is 2.52. The molecule has 1 atom stereocenters. The summed E-state index contributed by atoms with van der Waals surface area (Å²) in [5.74, 6) is -3.88. The molecule has 1 rings (SSSR count). The number of hydrogen-bond donors (Lipinski definition) is 3. The molecule has 1 amide bonds. The number of aliphatic carboxylic acids is 2. The van der Waals surface area contributed by atoms with Gasteiger partial charge in [0.05, 0.1) is 18.8 Å². The average Bonchev–Trinajstić information content (AvgIpc) is 2.35. The van der Waals surface area contributed by atoms with Gasteiger partial charge in [0.1, 0.15) is 0 Å². The van der Waals surface area contributed by atoms with E-state index < -0.39 is 24.3 Å². The summed E-state index contributed by atoms with van der Waals surface area (Å²) in [4.78, 5) is 32.8. The number of benzene rings is 1. The Hall–Kier alpha value is -2.37. The fraction of sp³-hybridized carbons (Fsp3) is 0.308. The molecule has 6 nitrogen and oxygen atoms in total. The lowest BCUT2D eigenvalue weighted by Crippen LogP contribution is -2.34. The number of rotatable bonds is 7. The predicted molar refractivity (Wildman–Crippen MR) is 66.5 cm³/mol. The van der Waals surface area contributed by atoms with Crippen LogP contribution in [0.4, 0.5) is 0 Å². The quantitative estimate of drug-likeness (QED) is 0.666. The summed E-state index contributed by atoms with van der Waals surface area (Å²) in [6, 6.07) is 8.99. The highest BCUT2D eigenvalue weighted by atomic mass is 16.4. The number of carbonyl (C=O) groups excluding carboxylic acids is 1. The van der Waals surface area contributed by atoms with Crippen LogP contribution in [0, 0.1) is 5.92 Å². The molecule has 1 aromatic rings. The summed E-state index contributed by atoms with van der Waals surface area (Å²) < 4.78 is 0. The van der Waals surface area contributed by atoms with Crippen molar-refractivity contribution >= 4 is 17.8 Å². The van der Waals surface area contributed by atoms with Crippen LogP contribution in [0.15, 0.2) is 30.3 Å². The lowest BCUT2D eigenvalue weighted by atomic mass is 10.1. The molecule has 0 spiro atoms. The third-order valence-corrected chi connectivity index (χ3v) is 2.52. The molecule has 0 saturated carbocycles. The van der Waals surface area contributed by atoms with Gasteiger partial charge in [0, 0.05) is 6.54 Å². The van der Waals surface area contributed by atoms with Gasteiger partial charge in [0.15, 0.2) is 0 Å². The first-order chi connectivity index (χ1) is 8.99. The molecule has 1 unspecified atom stereocenters. The fourth-order valence-corrected chi connectivity index (χ4v) is 1.54. The first-order valence-corrected chi connectivity index (χ1v) is 5.74. The van der Waals surface area contributed by atoms with Gasteiger partial charge in [-0.1, -0.05) is 30.3 Å². The second-order valence-corrected chi connectivity index (χ2v) is 4.10. The summed E-state index contributed by atoms with van der Waals surface area (Å²) in [6.45, 7) is -0.187. The van der Waals surface area contributed by atoms with Gasteiger partial charge in [-0.05, 0) is 5.56 Å². The zero-order chi connectivity index (χ0) is 14.3. The maximum Gasteiger partial charge on any atom is 0.308 e. The Morgan fingerprint density at radius 1 is 1.11 bits per heavy atom. The molecule has 1 aromatic carbocycles. The molecule has 3 N–H and O–H groups in total. The van der Waals surface area contributed by atoms with Crippen molar-refractivity contribution in [3.63, 3.8) is 0 Å². The van der Waals surface area contributed by atoms with Crippen molar-refractivity contribution in [2.45, 2.75) is 12.8 Å². The molecule has 19 heavy (non-hydrogen) atoms. The van der Waals surface area contributed by atoms with E-state index in [4.69, 9.17) is 10.2 Å². The van der Waals surface area contributed by atoms with Gasteiger partial charge in [-0.2, -0.15) is 0 Å². The Balaban J connectivity index is 2.44. The zero-order valence-corrected chi connectivity index (χ0v) is 10.2. The molecular weight excluding hydrogens is 250 g/mol. The normalized spacial score (nSPS) is 11.6. The van der Waals surface area contributed by atoms with Crippen LogP contribution in [0.2, 0.25) is 0 Å². The smallest absolute Gasteiger partial charge is 0.308 e. The van der Waals surface area contributed by atoms with E-state index in [0.29, 0.717) is 0 Å². The van der Waals surface area contributed by atoms with E-state index in [0.717, 1.165) is 5.56 Å². The van der Waals surface area contributed by atoms with Gasteiger partial charge >= 0.3 is 11.9 Å². The van der Waals surface area contributed by atoms with Crippen LogP contribution in [0.3, 0.4) is 0 Å². The Labute approximate surface area is 110 Å². The van der Waals surface area contributed by atoms with E-state index in [1.165, 1.54) is 0 Å². The van der Waals surface area contributed by atoms with Crippen molar-refractivity contribution in [3.8, 4) is 0 Å². The lowest BCUT2D eigenvalue weighted by molar-refractivity contribution is -0.148. The summed E-state index contributed by atoms with van der Waals surface area (Å²) in [7, 11) is 0. The standard InChI is InChI=1S/C13H15NO5/c15-11(6-9-4-2-1-3-5-9)14-8-10(13(18)19)7-12(16)17/h1-5,10H,6-8H2,(H,14,15)(H,16,17)(H,18,19). The highest BCUT2D eigenvalue weighted by Gasteiger charge is 2.21. The number of nitrogens with one attached hydrogen (secondary N) is 1. The predicted octanol–water partition coefficient (Wildman–Crippen LogP) is 0.521. The minimum Gasteiger partial charge on any atom is -0.481 e. The SMILES string of the molecule is O=C(O)CC(CNC(=O)Cc1ccccc1)C(=O)O. The van der Waals surface area contributed by atoms with E-state index in [1.807, 2.05) is 6.07 Å². The number of carboxylic acid groups (broad SMARTS) is 2. The molecule has 0 saturated heterocycles. The molecular formula is C13H15NO5. The molecule has 0 aliphatic rings. The van der Waals surface area contributed by atoms with Crippen LogP contribution in [0.1, 0.15) is 12.0 Å². The van der Waals surface area contributed by atoms with E-state index in [9.17, 15) is 14.4 Å². The molecule has 0 aromatic heterocycles. The monoisotopic (exact) mass is 265 g/mol. The van der Waals surface area contributed by atoms with Crippen LogP contribution in [-0.4, -0.2) is 34.6 Å². The fourth-order valence-electron chi connectivity index (χ4n) is 1.54. The second kappa shape index (κ2) is 7.15. The van der Waals surface area contributed by atoms with Crippen LogP contribution in [0.25, 0.3) is 0 Å². The van der Waals surface area contributed by atoms with Gasteiger partial charge < -0.3 is 15.5 Å². The van der Waals surface area contributed by atoms with Crippen molar-refractivity contribution < 1.29 is 24.6 Å². The third kappa shape index (κ3) is 5.67. The van der Waals surface area contributed by atoms with Crippen LogP contribution >= 0.6 is 0 Å². The summed E-state index contributed by atoms with van der Waals surface area (Å²) >= 11 is 0. The van der Waals surface area contributed by atoms with Crippen LogP contribution < -0.4 is 5.32 Å². The molecule has 0 bridgehead atoms. The molecule has 0 radical (unpaired) electrons. The van der Waals surface area contributed by atoms with Gasteiger partial charge in [-0.25, -0.2) is 0 Å². The minimum atomic E-state index is -1.23. The van der Waals surface area contributed by atoms with Crippen molar-refractivity contribution in [2.24, 2.45) is 5.92 Å². The molecule has 0 aliphatic carbocycles. The summed E-state index contributed by atoms with van der Waals surface area (Å²) in [5, 5.41) is 19.8. The molecule has 6 heteroatoms. The van der Waals surface area contributed by atoms with Crippen molar-refractivity contribution in [2.75, 3.05) is 6.54 Å². The molecule has 0 fully saturated rings. The van der Waals surface area contributed by atoms with Gasteiger partial charge in [0.25, 0.3) is 0 Å². The van der Waals surface area contributed by atoms with Crippen molar-refractivity contribution in [1.29, 1.82) is 0 Å². The van der Waals surface area contributed by atoms with E-state index in [-0.39, 0.29) is 18.9 Å². The second-order valence-electron chi connectivity index (χ2n) is 4.10. The molecule has 0 aliphatic heterocycles. The topological polar surface area (TPSA) is 104 Å². The van der Waals surface area contributed by atoms with Gasteiger partial charge in [-0.15, -0.1) is 0 Å². The first kappa shape index (κ1) is 14.7. The Morgan fingerprint density at radius 3 is 2.26 bits per heavy atom. The van der Waals surface area contributed by atoms with E-state index >= 15 is 0 Å². The number of carboxylic acids is 2. The van der Waals surface area contributed by atoms with Gasteiger partial charge in [-0.3, -0.25) is 14.4 Å². The zero-order valence-electron chi connectivity index (χ0n) is 10.2. The Kier molecular flexibility index (Phi) is 5.53. The number of hydrogen-bond acceptors (Lipinski definition) is 3.